The van der Waals surface area contributed by atoms with Gasteiger partial charge >= 0.3 is 0 Å². The molecule has 14 heavy (non-hydrogen) atoms. The third kappa shape index (κ3) is 1.57. The summed E-state index contributed by atoms with van der Waals surface area (Å²) >= 11 is 0. The molecule has 0 bridgehead atoms. The van der Waals surface area contributed by atoms with Crippen molar-refractivity contribution in [1.29, 1.82) is 0 Å². The van der Waals surface area contributed by atoms with Crippen molar-refractivity contribution < 1.29 is 0 Å². The van der Waals surface area contributed by atoms with Gasteiger partial charge in [0.25, 0.3) is 0 Å². The van der Waals surface area contributed by atoms with Gasteiger partial charge in [0, 0.05) is 25.8 Å². The van der Waals surface area contributed by atoms with Gasteiger partial charge in [-0.05, 0) is 31.1 Å². The standard InChI is InChI=1S/C11H17N3/c1-14-6-11(13-7-14)5-12-10-3-8-2-9(8)4-10/h6-10,12H,2-5H2,1H3. The van der Waals surface area contributed by atoms with Gasteiger partial charge in [0.2, 0.25) is 0 Å². The molecule has 2 unspecified atom stereocenters. The van der Waals surface area contributed by atoms with E-state index in [1.165, 1.54) is 19.3 Å². The lowest BCUT2D eigenvalue weighted by molar-refractivity contribution is 0.477. The Morgan fingerprint density at radius 1 is 1.43 bits per heavy atom. The SMILES string of the molecule is Cn1cnc(CNC2CC3CC3C2)c1. The van der Waals surface area contributed by atoms with E-state index < -0.39 is 0 Å². The molecule has 1 heterocycles. The third-order valence-corrected chi connectivity index (χ3v) is 3.57. The molecule has 3 rings (SSSR count). The number of nitrogens with zero attached hydrogens (tertiary/aromatic N) is 2. The molecule has 0 radical (unpaired) electrons. The molecule has 0 aliphatic heterocycles. The van der Waals surface area contributed by atoms with E-state index in [4.69, 9.17) is 0 Å². The summed E-state index contributed by atoms with van der Waals surface area (Å²) in [5, 5.41) is 3.60. The normalized spacial score (nSPS) is 34.5. The summed E-state index contributed by atoms with van der Waals surface area (Å²) in [5.41, 5.74) is 1.16. The van der Waals surface area contributed by atoms with Crippen molar-refractivity contribution in [2.24, 2.45) is 18.9 Å². The van der Waals surface area contributed by atoms with Gasteiger partial charge in [-0.1, -0.05) is 0 Å². The van der Waals surface area contributed by atoms with E-state index in [1.807, 2.05) is 17.9 Å². The molecule has 0 spiro atoms. The number of fused-ring (bicyclic) bond motifs is 1. The Labute approximate surface area is 84.5 Å². The lowest BCUT2D eigenvalue weighted by Crippen LogP contribution is -2.27. The van der Waals surface area contributed by atoms with Gasteiger partial charge in [-0.2, -0.15) is 0 Å². The summed E-state index contributed by atoms with van der Waals surface area (Å²) in [6.45, 7) is 0.935. The van der Waals surface area contributed by atoms with Crippen molar-refractivity contribution in [2.45, 2.75) is 31.8 Å². The van der Waals surface area contributed by atoms with E-state index in [2.05, 4.69) is 16.5 Å². The molecule has 1 N–H and O–H groups in total. The highest BCUT2D eigenvalue weighted by Crippen LogP contribution is 2.51. The van der Waals surface area contributed by atoms with Crippen LogP contribution in [0.25, 0.3) is 0 Å². The lowest BCUT2D eigenvalue weighted by Gasteiger charge is -2.12. The van der Waals surface area contributed by atoms with E-state index in [9.17, 15) is 0 Å². The highest BCUT2D eigenvalue weighted by Gasteiger charge is 2.45. The Morgan fingerprint density at radius 2 is 2.21 bits per heavy atom. The van der Waals surface area contributed by atoms with Crippen LogP contribution in [0.15, 0.2) is 12.5 Å². The van der Waals surface area contributed by atoms with E-state index in [0.717, 1.165) is 30.1 Å². The Hall–Kier alpha value is -0.830. The first-order valence-corrected chi connectivity index (χ1v) is 5.51. The predicted octanol–water partition coefficient (Wildman–Crippen LogP) is 1.31. The molecule has 2 aliphatic rings. The second-order valence-corrected chi connectivity index (χ2v) is 4.84. The smallest absolute Gasteiger partial charge is 0.0947 e. The van der Waals surface area contributed by atoms with E-state index >= 15 is 0 Å². The predicted molar refractivity (Wildman–Crippen MR) is 54.7 cm³/mol. The van der Waals surface area contributed by atoms with Crippen LogP contribution in [0.4, 0.5) is 0 Å². The largest absolute Gasteiger partial charge is 0.340 e. The number of aryl methyl sites for hydroxylation is 1. The van der Waals surface area contributed by atoms with Crippen molar-refractivity contribution in [3.63, 3.8) is 0 Å². The number of imidazole rings is 1. The third-order valence-electron chi connectivity index (χ3n) is 3.57. The minimum absolute atomic E-state index is 0.765. The lowest BCUT2D eigenvalue weighted by atomic mass is 10.1. The number of hydrogen-bond donors (Lipinski definition) is 1. The quantitative estimate of drug-likeness (QED) is 0.780. The molecule has 2 aliphatic carbocycles. The van der Waals surface area contributed by atoms with Gasteiger partial charge in [0.15, 0.2) is 0 Å². The van der Waals surface area contributed by atoms with Crippen LogP contribution in [-0.4, -0.2) is 15.6 Å². The number of hydrogen-bond acceptors (Lipinski definition) is 2. The van der Waals surface area contributed by atoms with Crippen LogP contribution in [0, 0.1) is 11.8 Å². The van der Waals surface area contributed by atoms with Gasteiger partial charge in [-0.15, -0.1) is 0 Å². The first-order valence-electron chi connectivity index (χ1n) is 5.51. The maximum atomic E-state index is 4.31. The maximum absolute atomic E-state index is 4.31. The average molecular weight is 191 g/mol. The van der Waals surface area contributed by atoms with Crippen LogP contribution >= 0.6 is 0 Å². The van der Waals surface area contributed by atoms with Crippen molar-refractivity contribution in [3.8, 4) is 0 Å². The first kappa shape index (κ1) is 8.48. The van der Waals surface area contributed by atoms with Crippen molar-refractivity contribution in [3.05, 3.63) is 18.2 Å². The Bertz CT molecular complexity index is 321. The fraction of sp³-hybridized carbons (Fsp3) is 0.727. The van der Waals surface area contributed by atoms with Gasteiger partial charge in [-0.25, -0.2) is 4.98 Å². The summed E-state index contributed by atoms with van der Waals surface area (Å²) in [4.78, 5) is 4.31. The molecule has 1 aromatic rings. The molecule has 3 heteroatoms. The molecular weight excluding hydrogens is 174 g/mol. The number of aromatic nitrogens is 2. The van der Waals surface area contributed by atoms with E-state index in [0.29, 0.717) is 0 Å². The van der Waals surface area contributed by atoms with Crippen LogP contribution in [0.3, 0.4) is 0 Å². The Kier molecular flexibility index (Phi) is 1.87. The van der Waals surface area contributed by atoms with Crippen LogP contribution in [0.5, 0.6) is 0 Å². The number of nitrogens with one attached hydrogen (secondary N) is 1. The summed E-state index contributed by atoms with van der Waals surface area (Å²) in [6, 6.07) is 0.765. The summed E-state index contributed by atoms with van der Waals surface area (Å²) in [5.74, 6) is 2.13. The molecule has 0 aromatic carbocycles. The minimum Gasteiger partial charge on any atom is -0.340 e. The van der Waals surface area contributed by atoms with E-state index in [1.54, 1.807) is 0 Å². The van der Waals surface area contributed by atoms with Gasteiger partial charge < -0.3 is 9.88 Å². The van der Waals surface area contributed by atoms with Gasteiger partial charge in [-0.3, -0.25) is 0 Å². The summed E-state index contributed by atoms with van der Waals surface area (Å²) in [7, 11) is 2.02. The van der Waals surface area contributed by atoms with Crippen LogP contribution in [0.1, 0.15) is 25.0 Å². The monoisotopic (exact) mass is 191 g/mol. The maximum Gasteiger partial charge on any atom is 0.0947 e. The minimum atomic E-state index is 0.765. The second kappa shape index (κ2) is 3.09. The van der Waals surface area contributed by atoms with Crippen LogP contribution in [0.2, 0.25) is 0 Å². The molecule has 0 amide bonds. The fourth-order valence-electron chi connectivity index (χ4n) is 2.69. The molecule has 2 atom stereocenters. The zero-order valence-electron chi connectivity index (χ0n) is 8.61. The Balaban J connectivity index is 1.50. The molecule has 0 saturated heterocycles. The molecule has 76 valence electrons. The van der Waals surface area contributed by atoms with E-state index in [-0.39, 0.29) is 0 Å². The van der Waals surface area contributed by atoms with Crippen molar-refractivity contribution in [1.82, 2.24) is 14.9 Å². The molecule has 2 fully saturated rings. The first-order chi connectivity index (χ1) is 6.81. The van der Waals surface area contributed by atoms with Crippen LogP contribution < -0.4 is 5.32 Å². The molecule has 3 nitrogen and oxygen atoms in total. The van der Waals surface area contributed by atoms with Crippen molar-refractivity contribution in [2.75, 3.05) is 0 Å². The number of rotatable bonds is 3. The van der Waals surface area contributed by atoms with Gasteiger partial charge in [0.05, 0.1) is 12.0 Å². The zero-order chi connectivity index (χ0) is 9.54. The second-order valence-electron chi connectivity index (χ2n) is 4.84. The molecule has 1 aromatic heterocycles. The average Bonchev–Trinajstić information content (AvgIpc) is 2.63. The highest BCUT2D eigenvalue weighted by atomic mass is 15.0. The Morgan fingerprint density at radius 3 is 2.86 bits per heavy atom. The van der Waals surface area contributed by atoms with Crippen molar-refractivity contribution >= 4 is 0 Å². The molecule has 2 saturated carbocycles. The molecular formula is C11H17N3. The summed E-state index contributed by atoms with van der Waals surface area (Å²) in [6.07, 6.45) is 8.25. The highest BCUT2D eigenvalue weighted by molar-refractivity contribution is 5.01. The zero-order valence-corrected chi connectivity index (χ0v) is 8.61. The topological polar surface area (TPSA) is 29.9 Å². The summed E-state index contributed by atoms with van der Waals surface area (Å²) < 4.78 is 2.00. The fourth-order valence-corrected chi connectivity index (χ4v) is 2.69. The van der Waals surface area contributed by atoms with Crippen LogP contribution in [-0.2, 0) is 13.6 Å². The van der Waals surface area contributed by atoms with Gasteiger partial charge in [0.1, 0.15) is 0 Å².